The quantitative estimate of drug-likeness (QED) is 0.565. The number of benzene rings is 1. The normalized spacial score (nSPS) is 22.2. The van der Waals surface area contributed by atoms with Crippen LogP contribution < -0.4 is 20.1 Å². The second-order valence-electron chi connectivity index (χ2n) is 6.51. The number of nitrogens with one attached hydrogen (secondary N) is 2. The molecule has 2 aliphatic rings. The van der Waals surface area contributed by atoms with Gasteiger partial charge in [-0.1, -0.05) is 25.0 Å². The number of para-hydroxylation sites is 2. The predicted octanol–water partition coefficient (Wildman–Crippen LogP) is 1.69. The van der Waals surface area contributed by atoms with E-state index in [0.29, 0.717) is 25.7 Å². The third-order valence-electron chi connectivity index (χ3n) is 4.47. The molecule has 0 saturated heterocycles. The highest BCUT2D eigenvalue weighted by atomic mass is 16.6. The van der Waals surface area contributed by atoms with Gasteiger partial charge >= 0.3 is 0 Å². The van der Waals surface area contributed by atoms with Crippen molar-refractivity contribution in [1.29, 1.82) is 0 Å². The molecule has 1 aliphatic heterocycles. The molecule has 1 heterocycles. The standard InChI is InChI=1S/C18H27N3O3/c1-2-19-17(21-13-18(22)9-5-6-10-18)20-11-14-12-23-15-7-3-4-8-16(15)24-14/h3-4,7-8,14,22H,2,5-6,9-13H2,1H3,(H2,19,20,21). The van der Waals surface area contributed by atoms with Crippen LogP contribution in [0.25, 0.3) is 0 Å². The topological polar surface area (TPSA) is 75.1 Å². The Hall–Kier alpha value is -1.95. The predicted molar refractivity (Wildman–Crippen MR) is 93.8 cm³/mol. The molecule has 6 nitrogen and oxygen atoms in total. The molecule has 1 aliphatic carbocycles. The van der Waals surface area contributed by atoms with E-state index in [2.05, 4.69) is 15.6 Å². The number of hydrogen-bond acceptors (Lipinski definition) is 4. The zero-order chi connectivity index (χ0) is 16.8. The van der Waals surface area contributed by atoms with Gasteiger partial charge in [-0.05, 0) is 31.9 Å². The molecule has 3 rings (SSSR count). The molecule has 0 radical (unpaired) electrons. The van der Waals surface area contributed by atoms with Crippen LogP contribution in [-0.4, -0.2) is 49.0 Å². The fraction of sp³-hybridized carbons (Fsp3) is 0.611. The highest BCUT2D eigenvalue weighted by molar-refractivity contribution is 5.79. The number of rotatable bonds is 5. The molecule has 24 heavy (non-hydrogen) atoms. The van der Waals surface area contributed by atoms with E-state index in [0.717, 1.165) is 43.7 Å². The summed E-state index contributed by atoms with van der Waals surface area (Å²) in [5.41, 5.74) is -0.633. The minimum absolute atomic E-state index is 0.0710. The van der Waals surface area contributed by atoms with E-state index >= 15 is 0 Å². The summed E-state index contributed by atoms with van der Waals surface area (Å²) in [6.07, 6.45) is 3.78. The average Bonchev–Trinajstić information content (AvgIpc) is 3.04. The van der Waals surface area contributed by atoms with Gasteiger partial charge in [0.25, 0.3) is 0 Å². The Kier molecular flexibility index (Phi) is 5.45. The Morgan fingerprint density at radius 1 is 1.25 bits per heavy atom. The maximum atomic E-state index is 10.4. The third-order valence-corrected chi connectivity index (χ3v) is 4.47. The summed E-state index contributed by atoms with van der Waals surface area (Å²) in [5, 5.41) is 16.9. The highest BCUT2D eigenvalue weighted by Crippen LogP contribution is 2.31. The van der Waals surface area contributed by atoms with Gasteiger partial charge in [-0.15, -0.1) is 0 Å². The van der Waals surface area contributed by atoms with E-state index in [1.165, 1.54) is 0 Å². The van der Waals surface area contributed by atoms with Crippen molar-refractivity contribution >= 4 is 5.96 Å². The number of aliphatic hydroxyl groups is 1. The minimum atomic E-state index is -0.633. The molecular weight excluding hydrogens is 306 g/mol. The van der Waals surface area contributed by atoms with Crippen LogP contribution in [0.1, 0.15) is 32.6 Å². The Bertz CT molecular complexity index is 570. The van der Waals surface area contributed by atoms with Crippen molar-refractivity contribution in [3.8, 4) is 11.5 Å². The van der Waals surface area contributed by atoms with Crippen molar-refractivity contribution in [2.75, 3.05) is 26.2 Å². The van der Waals surface area contributed by atoms with Gasteiger partial charge in [0.05, 0.1) is 18.7 Å². The minimum Gasteiger partial charge on any atom is -0.486 e. The van der Waals surface area contributed by atoms with Crippen LogP contribution in [0, 0.1) is 0 Å². The molecule has 6 heteroatoms. The molecule has 1 fully saturated rings. The number of ether oxygens (including phenoxy) is 2. The molecule has 1 saturated carbocycles. The first-order valence-electron chi connectivity index (χ1n) is 8.81. The Balaban J connectivity index is 1.53. The molecule has 3 N–H and O–H groups in total. The zero-order valence-corrected chi connectivity index (χ0v) is 14.3. The smallest absolute Gasteiger partial charge is 0.191 e. The van der Waals surface area contributed by atoms with Gasteiger partial charge in [0.1, 0.15) is 12.7 Å². The highest BCUT2D eigenvalue weighted by Gasteiger charge is 2.30. The monoisotopic (exact) mass is 333 g/mol. The van der Waals surface area contributed by atoms with E-state index in [1.54, 1.807) is 0 Å². The second-order valence-corrected chi connectivity index (χ2v) is 6.51. The zero-order valence-electron chi connectivity index (χ0n) is 14.3. The molecule has 0 amide bonds. The number of hydrogen-bond donors (Lipinski definition) is 3. The van der Waals surface area contributed by atoms with Gasteiger partial charge in [0.15, 0.2) is 17.5 Å². The van der Waals surface area contributed by atoms with Crippen LogP contribution in [-0.2, 0) is 0 Å². The number of fused-ring (bicyclic) bond motifs is 1. The van der Waals surface area contributed by atoms with E-state index in [-0.39, 0.29) is 6.10 Å². The van der Waals surface area contributed by atoms with Gasteiger partial charge in [-0.3, -0.25) is 4.99 Å². The maximum Gasteiger partial charge on any atom is 0.191 e. The molecule has 0 aromatic heterocycles. The van der Waals surface area contributed by atoms with Crippen molar-refractivity contribution in [2.45, 2.75) is 44.3 Å². The van der Waals surface area contributed by atoms with Crippen molar-refractivity contribution in [1.82, 2.24) is 10.6 Å². The van der Waals surface area contributed by atoms with E-state index in [1.807, 2.05) is 31.2 Å². The molecule has 1 atom stereocenters. The van der Waals surface area contributed by atoms with Crippen molar-refractivity contribution < 1.29 is 14.6 Å². The van der Waals surface area contributed by atoms with Crippen molar-refractivity contribution in [3.63, 3.8) is 0 Å². The van der Waals surface area contributed by atoms with Gasteiger partial charge < -0.3 is 25.2 Å². The number of aliphatic imine (C=N–C) groups is 1. The summed E-state index contributed by atoms with van der Waals surface area (Å²) in [6.45, 7) is 4.34. The molecule has 0 spiro atoms. The molecule has 1 aromatic rings. The summed E-state index contributed by atoms with van der Waals surface area (Å²) in [5.74, 6) is 2.27. The van der Waals surface area contributed by atoms with Crippen LogP contribution in [0.2, 0.25) is 0 Å². The lowest BCUT2D eigenvalue weighted by Crippen LogP contribution is -2.46. The van der Waals surface area contributed by atoms with Crippen molar-refractivity contribution in [2.24, 2.45) is 4.99 Å². The van der Waals surface area contributed by atoms with E-state index in [9.17, 15) is 5.11 Å². The van der Waals surface area contributed by atoms with E-state index in [4.69, 9.17) is 9.47 Å². The number of guanidine groups is 1. The van der Waals surface area contributed by atoms with Gasteiger partial charge in [-0.25, -0.2) is 0 Å². The van der Waals surface area contributed by atoms with Crippen LogP contribution in [0.3, 0.4) is 0 Å². The first-order valence-corrected chi connectivity index (χ1v) is 8.81. The molecular formula is C18H27N3O3. The van der Waals surface area contributed by atoms with E-state index < -0.39 is 5.60 Å². The summed E-state index contributed by atoms with van der Waals surface area (Å²) in [4.78, 5) is 4.54. The Morgan fingerprint density at radius 2 is 2.00 bits per heavy atom. The fourth-order valence-corrected chi connectivity index (χ4v) is 3.13. The largest absolute Gasteiger partial charge is 0.486 e. The van der Waals surface area contributed by atoms with Crippen LogP contribution >= 0.6 is 0 Å². The first kappa shape index (κ1) is 16.9. The first-order chi connectivity index (χ1) is 11.7. The SMILES string of the molecule is CCNC(=NCC1(O)CCCC1)NCC1COc2ccccc2O1. The Labute approximate surface area is 143 Å². The number of nitrogens with zero attached hydrogens (tertiary/aromatic N) is 1. The van der Waals surface area contributed by atoms with Gasteiger partial charge in [-0.2, -0.15) is 0 Å². The van der Waals surface area contributed by atoms with Gasteiger partial charge in [0, 0.05) is 6.54 Å². The Morgan fingerprint density at radius 3 is 2.75 bits per heavy atom. The van der Waals surface area contributed by atoms with Crippen LogP contribution in [0.5, 0.6) is 11.5 Å². The van der Waals surface area contributed by atoms with Gasteiger partial charge in [0.2, 0.25) is 0 Å². The van der Waals surface area contributed by atoms with Crippen LogP contribution in [0.4, 0.5) is 0 Å². The molecule has 1 aromatic carbocycles. The third kappa shape index (κ3) is 4.32. The van der Waals surface area contributed by atoms with Crippen molar-refractivity contribution in [3.05, 3.63) is 24.3 Å². The lowest BCUT2D eigenvalue weighted by atomic mass is 10.0. The molecule has 132 valence electrons. The summed E-state index contributed by atoms with van der Waals surface area (Å²) in [6, 6.07) is 7.69. The summed E-state index contributed by atoms with van der Waals surface area (Å²) < 4.78 is 11.7. The maximum absolute atomic E-state index is 10.4. The van der Waals surface area contributed by atoms with Crippen LogP contribution in [0.15, 0.2) is 29.3 Å². The fourth-order valence-electron chi connectivity index (χ4n) is 3.13. The average molecular weight is 333 g/mol. The lowest BCUT2D eigenvalue weighted by Gasteiger charge is -2.27. The molecule has 1 unspecified atom stereocenters. The summed E-state index contributed by atoms with van der Waals surface area (Å²) in [7, 11) is 0. The lowest BCUT2D eigenvalue weighted by molar-refractivity contribution is 0.0573. The summed E-state index contributed by atoms with van der Waals surface area (Å²) >= 11 is 0. The second kappa shape index (κ2) is 7.75. The molecule has 0 bridgehead atoms.